The number of nitrogens with one attached hydrogen (secondary N) is 1. The van der Waals surface area contributed by atoms with E-state index in [0.29, 0.717) is 19.8 Å². The lowest BCUT2D eigenvalue weighted by Gasteiger charge is -2.19. The second-order valence-corrected chi connectivity index (χ2v) is 5.87. The first-order valence-electron chi connectivity index (χ1n) is 6.84. The van der Waals surface area contributed by atoms with E-state index in [4.69, 9.17) is 9.26 Å². The minimum absolute atomic E-state index is 0.0723. The van der Waals surface area contributed by atoms with Crippen LogP contribution in [0.3, 0.4) is 0 Å². The van der Waals surface area contributed by atoms with Crippen molar-refractivity contribution in [1.82, 2.24) is 10.5 Å². The van der Waals surface area contributed by atoms with Crippen LogP contribution in [0.15, 0.2) is 40.9 Å². The summed E-state index contributed by atoms with van der Waals surface area (Å²) in [4.78, 5) is 0. The number of hydrogen-bond acceptors (Lipinski definition) is 4. The molecule has 1 N–H and O–H groups in total. The van der Waals surface area contributed by atoms with Gasteiger partial charge >= 0.3 is 0 Å². The molecule has 0 atom stereocenters. The highest BCUT2D eigenvalue weighted by Gasteiger charge is 2.11. The third-order valence-electron chi connectivity index (χ3n) is 2.76. The third kappa shape index (κ3) is 5.15. The van der Waals surface area contributed by atoms with Gasteiger partial charge in [0.2, 0.25) is 0 Å². The first-order valence-corrected chi connectivity index (χ1v) is 6.84. The highest BCUT2D eigenvalue weighted by molar-refractivity contribution is 5.13. The van der Waals surface area contributed by atoms with Crippen LogP contribution in [0.1, 0.15) is 37.8 Å². The Labute approximate surface area is 120 Å². The fourth-order valence-corrected chi connectivity index (χ4v) is 1.71. The molecule has 1 aromatic heterocycles. The molecule has 108 valence electrons. The molecule has 4 heteroatoms. The lowest BCUT2D eigenvalue weighted by atomic mass is 10.1. The topological polar surface area (TPSA) is 47.3 Å². The van der Waals surface area contributed by atoms with Crippen LogP contribution in [0.4, 0.5) is 0 Å². The summed E-state index contributed by atoms with van der Waals surface area (Å²) in [6.45, 7) is 8.09. The van der Waals surface area contributed by atoms with Crippen LogP contribution in [-0.2, 0) is 24.5 Å². The van der Waals surface area contributed by atoms with E-state index in [0.717, 1.165) is 17.0 Å². The van der Waals surface area contributed by atoms with Gasteiger partial charge in [-0.2, -0.15) is 0 Å². The molecule has 0 saturated heterocycles. The largest absolute Gasteiger partial charge is 0.369 e. The second-order valence-electron chi connectivity index (χ2n) is 5.87. The van der Waals surface area contributed by atoms with Gasteiger partial charge in [0.1, 0.15) is 6.61 Å². The summed E-state index contributed by atoms with van der Waals surface area (Å²) >= 11 is 0. The lowest BCUT2D eigenvalue weighted by Crippen LogP contribution is -2.35. The van der Waals surface area contributed by atoms with Gasteiger partial charge in [-0.15, -0.1) is 0 Å². The summed E-state index contributed by atoms with van der Waals surface area (Å²) in [6.07, 6.45) is 0. The van der Waals surface area contributed by atoms with Crippen LogP contribution in [0.25, 0.3) is 0 Å². The van der Waals surface area contributed by atoms with Crippen molar-refractivity contribution in [3.8, 4) is 0 Å². The Morgan fingerprint density at radius 3 is 2.60 bits per heavy atom. The van der Waals surface area contributed by atoms with Crippen molar-refractivity contribution in [1.29, 1.82) is 0 Å². The molecule has 1 aromatic carbocycles. The van der Waals surface area contributed by atoms with Gasteiger partial charge in [-0.3, -0.25) is 0 Å². The highest BCUT2D eigenvalue weighted by atomic mass is 16.5. The maximum absolute atomic E-state index is 5.61. The molecule has 20 heavy (non-hydrogen) atoms. The maximum atomic E-state index is 5.61. The molecular weight excluding hydrogens is 252 g/mol. The van der Waals surface area contributed by atoms with E-state index in [1.54, 1.807) is 0 Å². The Morgan fingerprint density at radius 2 is 1.90 bits per heavy atom. The quantitative estimate of drug-likeness (QED) is 0.878. The summed E-state index contributed by atoms with van der Waals surface area (Å²) in [7, 11) is 0. The maximum Gasteiger partial charge on any atom is 0.162 e. The van der Waals surface area contributed by atoms with Gasteiger partial charge in [0, 0.05) is 18.2 Å². The van der Waals surface area contributed by atoms with Gasteiger partial charge in [0.05, 0.1) is 12.3 Å². The fraction of sp³-hybridized carbons (Fsp3) is 0.438. The van der Waals surface area contributed by atoms with E-state index < -0.39 is 0 Å². The summed E-state index contributed by atoms with van der Waals surface area (Å²) < 4.78 is 10.9. The molecule has 0 aliphatic carbocycles. The summed E-state index contributed by atoms with van der Waals surface area (Å²) in [5.74, 6) is 0.756. The van der Waals surface area contributed by atoms with E-state index in [1.165, 1.54) is 0 Å². The Balaban J connectivity index is 1.75. The summed E-state index contributed by atoms with van der Waals surface area (Å²) in [6, 6.07) is 12.0. The van der Waals surface area contributed by atoms with Crippen molar-refractivity contribution in [3.63, 3.8) is 0 Å². The molecular formula is C16H22N2O2. The van der Waals surface area contributed by atoms with Gasteiger partial charge < -0.3 is 14.6 Å². The van der Waals surface area contributed by atoms with Crippen molar-refractivity contribution >= 4 is 0 Å². The Morgan fingerprint density at radius 1 is 1.15 bits per heavy atom. The molecule has 0 saturated carbocycles. The average Bonchev–Trinajstić information content (AvgIpc) is 2.85. The Hall–Kier alpha value is -1.65. The van der Waals surface area contributed by atoms with E-state index in [1.807, 2.05) is 36.4 Å². The van der Waals surface area contributed by atoms with Crippen molar-refractivity contribution in [2.24, 2.45) is 0 Å². The molecule has 4 nitrogen and oxygen atoms in total. The molecule has 0 spiro atoms. The third-order valence-corrected chi connectivity index (χ3v) is 2.76. The molecule has 0 radical (unpaired) electrons. The standard InChI is InChI=1S/C16H22N2O2/c1-16(2,3)17-10-14-9-15(20-18-14)12-19-11-13-7-5-4-6-8-13/h4-9,17H,10-12H2,1-3H3. The lowest BCUT2D eigenvalue weighted by molar-refractivity contribution is 0.0883. The highest BCUT2D eigenvalue weighted by Crippen LogP contribution is 2.09. The minimum atomic E-state index is 0.0723. The van der Waals surface area contributed by atoms with Crippen LogP contribution in [-0.4, -0.2) is 10.7 Å². The zero-order valence-electron chi connectivity index (χ0n) is 12.3. The molecule has 1 heterocycles. The van der Waals surface area contributed by atoms with E-state index >= 15 is 0 Å². The molecule has 2 rings (SSSR count). The van der Waals surface area contributed by atoms with Crippen molar-refractivity contribution in [2.75, 3.05) is 0 Å². The predicted molar refractivity (Wildman–Crippen MR) is 78.0 cm³/mol. The van der Waals surface area contributed by atoms with Gasteiger partial charge in [-0.25, -0.2) is 0 Å². The van der Waals surface area contributed by atoms with Crippen molar-refractivity contribution in [3.05, 3.63) is 53.4 Å². The Bertz CT molecular complexity index is 515. The number of hydrogen-bond donors (Lipinski definition) is 1. The first kappa shape index (κ1) is 14.8. The molecule has 0 fully saturated rings. The van der Waals surface area contributed by atoms with Crippen molar-refractivity contribution in [2.45, 2.75) is 46.1 Å². The number of ether oxygens (including phenoxy) is 1. The van der Waals surface area contributed by atoms with Crippen LogP contribution in [0.2, 0.25) is 0 Å². The normalized spacial score (nSPS) is 11.8. The zero-order chi connectivity index (χ0) is 14.4. The first-order chi connectivity index (χ1) is 9.53. The fourth-order valence-electron chi connectivity index (χ4n) is 1.71. The van der Waals surface area contributed by atoms with Crippen LogP contribution in [0.5, 0.6) is 0 Å². The molecule has 0 bridgehead atoms. The van der Waals surface area contributed by atoms with E-state index in [-0.39, 0.29) is 5.54 Å². The van der Waals surface area contributed by atoms with Crippen LogP contribution >= 0.6 is 0 Å². The van der Waals surface area contributed by atoms with Crippen molar-refractivity contribution < 1.29 is 9.26 Å². The van der Waals surface area contributed by atoms with Gasteiger partial charge in [-0.1, -0.05) is 35.5 Å². The van der Waals surface area contributed by atoms with Gasteiger partial charge in [0.25, 0.3) is 0 Å². The monoisotopic (exact) mass is 274 g/mol. The average molecular weight is 274 g/mol. The zero-order valence-corrected chi connectivity index (χ0v) is 12.3. The molecule has 2 aromatic rings. The van der Waals surface area contributed by atoms with Gasteiger partial charge in [-0.05, 0) is 26.3 Å². The molecule has 0 aliphatic heterocycles. The number of aromatic nitrogens is 1. The van der Waals surface area contributed by atoms with Gasteiger partial charge in [0.15, 0.2) is 5.76 Å². The number of benzene rings is 1. The SMILES string of the molecule is CC(C)(C)NCc1cc(COCc2ccccc2)on1. The minimum Gasteiger partial charge on any atom is -0.369 e. The number of nitrogens with zero attached hydrogens (tertiary/aromatic N) is 1. The smallest absolute Gasteiger partial charge is 0.162 e. The van der Waals surface area contributed by atoms with E-state index in [2.05, 4.69) is 31.2 Å². The Kier molecular flexibility index (Phi) is 4.93. The molecule has 0 aliphatic rings. The molecule has 0 amide bonds. The van der Waals surface area contributed by atoms with Crippen LogP contribution < -0.4 is 5.32 Å². The van der Waals surface area contributed by atoms with Crippen LogP contribution in [0, 0.1) is 0 Å². The summed E-state index contributed by atoms with van der Waals surface area (Å²) in [5, 5.41) is 7.40. The van der Waals surface area contributed by atoms with E-state index in [9.17, 15) is 0 Å². The number of rotatable bonds is 6. The predicted octanol–water partition coefficient (Wildman–Crippen LogP) is 3.28. The summed E-state index contributed by atoms with van der Waals surface area (Å²) in [5.41, 5.74) is 2.13. The molecule has 0 unspecified atom stereocenters. The second kappa shape index (κ2) is 6.68.